The number of methoxy groups -OCH3 is 1. The van der Waals surface area contributed by atoms with Crippen LogP contribution in [0.1, 0.15) is 6.92 Å². The molecule has 0 unspecified atom stereocenters. The van der Waals surface area contributed by atoms with Crippen molar-refractivity contribution in [3.05, 3.63) is 42.5 Å². The van der Waals surface area contributed by atoms with Crippen molar-refractivity contribution in [3.63, 3.8) is 0 Å². The number of nitrogens with zero attached hydrogens (tertiary/aromatic N) is 1. The van der Waals surface area contributed by atoms with Gasteiger partial charge in [-0.2, -0.15) is 0 Å². The van der Waals surface area contributed by atoms with Gasteiger partial charge >= 0.3 is 0 Å². The van der Waals surface area contributed by atoms with Crippen LogP contribution in [0.25, 0.3) is 10.2 Å². The Balaban J connectivity index is 1.63. The molecule has 7 heteroatoms. The fraction of sp³-hybridized carbons (Fsp3) is 0.222. The number of aromatic nitrogens is 1. The SMILES string of the molecule is CCOc1ccc2nc(NC(=O)COc3ccccc3OC)sc2c1. The topological polar surface area (TPSA) is 69.7 Å². The summed E-state index contributed by atoms with van der Waals surface area (Å²) >= 11 is 1.39. The van der Waals surface area contributed by atoms with E-state index in [0.29, 0.717) is 23.2 Å². The summed E-state index contributed by atoms with van der Waals surface area (Å²) < 4.78 is 17.1. The van der Waals surface area contributed by atoms with Gasteiger partial charge in [0.25, 0.3) is 5.91 Å². The first-order valence-corrected chi connectivity index (χ1v) is 8.60. The van der Waals surface area contributed by atoms with Crippen molar-refractivity contribution in [2.75, 3.05) is 25.6 Å². The molecule has 1 N–H and O–H groups in total. The number of rotatable bonds is 7. The number of para-hydroxylation sites is 2. The lowest BCUT2D eigenvalue weighted by molar-refractivity contribution is -0.118. The maximum absolute atomic E-state index is 12.1. The molecule has 0 aliphatic rings. The van der Waals surface area contributed by atoms with Crippen LogP contribution >= 0.6 is 11.3 Å². The van der Waals surface area contributed by atoms with Gasteiger partial charge in [0.05, 0.1) is 23.9 Å². The number of carbonyl (C=O) groups is 1. The number of anilines is 1. The van der Waals surface area contributed by atoms with E-state index in [2.05, 4.69) is 10.3 Å². The second kappa shape index (κ2) is 7.85. The van der Waals surface area contributed by atoms with Gasteiger partial charge in [0.2, 0.25) is 0 Å². The lowest BCUT2D eigenvalue weighted by Gasteiger charge is -2.09. The van der Waals surface area contributed by atoms with Crippen LogP contribution in [-0.2, 0) is 4.79 Å². The Morgan fingerprint density at radius 2 is 1.96 bits per heavy atom. The van der Waals surface area contributed by atoms with E-state index in [9.17, 15) is 4.79 Å². The highest BCUT2D eigenvalue weighted by Crippen LogP contribution is 2.29. The van der Waals surface area contributed by atoms with Crippen molar-refractivity contribution >= 4 is 32.6 Å². The molecule has 0 spiro atoms. The fourth-order valence-corrected chi connectivity index (χ4v) is 3.16. The molecule has 1 aromatic heterocycles. The maximum atomic E-state index is 12.1. The quantitative estimate of drug-likeness (QED) is 0.697. The number of amides is 1. The summed E-state index contributed by atoms with van der Waals surface area (Å²) in [7, 11) is 1.56. The number of hydrogen-bond acceptors (Lipinski definition) is 6. The minimum atomic E-state index is -0.282. The fourth-order valence-electron chi connectivity index (χ4n) is 2.25. The maximum Gasteiger partial charge on any atom is 0.264 e. The van der Waals surface area contributed by atoms with Crippen molar-refractivity contribution in [1.29, 1.82) is 0 Å². The predicted octanol–water partition coefficient (Wildman–Crippen LogP) is 3.72. The third-order valence-electron chi connectivity index (χ3n) is 3.35. The molecule has 25 heavy (non-hydrogen) atoms. The lowest BCUT2D eigenvalue weighted by atomic mass is 10.3. The van der Waals surface area contributed by atoms with E-state index in [1.807, 2.05) is 37.3 Å². The summed E-state index contributed by atoms with van der Waals surface area (Å²) in [5.41, 5.74) is 0.814. The van der Waals surface area contributed by atoms with Crippen molar-refractivity contribution in [1.82, 2.24) is 4.98 Å². The number of benzene rings is 2. The standard InChI is InChI=1S/C18H18N2O4S/c1-3-23-12-8-9-13-16(10-12)25-18(19-13)20-17(21)11-24-15-7-5-4-6-14(15)22-2/h4-10H,3,11H2,1-2H3,(H,19,20,21). The summed E-state index contributed by atoms with van der Waals surface area (Å²) in [5, 5.41) is 3.28. The van der Waals surface area contributed by atoms with Crippen molar-refractivity contribution in [3.8, 4) is 17.2 Å². The number of thiazole rings is 1. The van der Waals surface area contributed by atoms with E-state index in [0.717, 1.165) is 16.0 Å². The first-order valence-electron chi connectivity index (χ1n) is 7.78. The monoisotopic (exact) mass is 358 g/mol. The van der Waals surface area contributed by atoms with Crippen LogP contribution in [0, 0.1) is 0 Å². The highest BCUT2D eigenvalue weighted by Gasteiger charge is 2.11. The van der Waals surface area contributed by atoms with Crippen LogP contribution in [0.15, 0.2) is 42.5 Å². The molecule has 0 bridgehead atoms. The van der Waals surface area contributed by atoms with Gasteiger partial charge in [-0.05, 0) is 37.3 Å². The van der Waals surface area contributed by atoms with Crippen molar-refractivity contribution < 1.29 is 19.0 Å². The Bertz CT molecular complexity index is 878. The van der Waals surface area contributed by atoms with Crippen LogP contribution < -0.4 is 19.5 Å². The Hall–Kier alpha value is -2.80. The lowest BCUT2D eigenvalue weighted by Crippen LogP contribution is -2.20. The van der Waals surface area contributed by atoms with Gasteiger partial charge in [-0.15, -0.1) is 0 Å². The number of fused-ring (bicyclic) bond motifs is 1. The molecule has 6 nitrogen and oxygen atoms in total. The van der Waals surface area contributed by atoms with E-state index < -0.39 is 0 Å². The second-order valence-electron chi connectivity index (χ2n) is 5.07. The van der Waals surface area contributed by atoms with E-state index in [1.54, 1.807) is 19.2 Å². The third kappa shape index (κ3) is 4.19. The van der Waals surface area contributed by atoms with E-state index in [-0.39, 0.29) is 12.5 Å². The van der Waals surface area contributed by atoms with Crippen LogP contribution in [0.2, 0.25) is 0 Å². The summed E-state index contributed by atoms with van der Waals surface area (Å²) in [4.78, 5) is 16.5. The normalized spacial score (nSPS) is 10.5. The molecule has 1 amide bonds. The van der Waals surface area contributed by atoms with E-state index >= 15 is 0 Å². The van der Waals surface area contributed by atoms with Gasteiger partial charge < -0.3 is 14.2 Å². The third-order valence-corrected chi connectivity index (χ3v) is 4.28. The Morgan fingerprint density at radius 3 is 2.72 bits per heavy atom. The largest absolute Gasteiger partial charge is 0.494 e. The first kappa shape index (κ1) is 17.0. The van der Waals surface area contributed by atoms with Gasteiger partial charge in [-0.25, -0.2) is 4.98 Å². The molecular formula is C18H18N2O4S. The minimum Gasteiger partial charge on any atom is -0.494 e. The molecule has 0 fully saturated rings. The van der Waals surface area contributed by atoms with Gasteiger partial charge in [-0.3, -0.25) is 10.1 Å². The van der Waals surface area contributed by atoms with Crippen LogP contribution in [0.4, 0.5) is 5.13 Å². The van der Waals surface area contributed by atoms with Gasteiger partial charge in [0, 0.05) is 0 Å². The minimum absolute atomic E-state index is 0.125. The highest BCUT2D eigenvalue weighted by molar-refractivity contribution is 7.22. The Labute approximate surface area is 149 Å². The molecule has 0 saturated carbocycles. The smallest absolute Gasteiger partial charge is 0.264 e. The van der Waals surface area contributed by atoms with Crippen molar-refractivity contribution in [2.24, 2.45) is 0 Å². The van der Waals surface area contributed by atoms with Crippen LogP contribution in [0.3, 0.4) is 0 Å². The second-order valence-corrected chi connectivity index (χ2v) is 6.10. The molecule has 0 saturated heterocycles. The number of nitrogens with one attached hydrogen (secondary N) is 1. The molecule has 3 rings (SSSR count). The molecule has 2 aromatic carbocycles. The molecule has 0 atom stereocenters. The average molecular weight is 358 g/mol. The first-order chi connectivity index (χ1) is 12.2. The molecule has 0 radical (unpaired) electrons. The zero-order valence-electron chi connectivity index (χ0n) is 13.9. The van der Waals surface area contributed by atoms with E-state index in [1.165, 1.54) is 11.3 Å². The molecule has 0 aliphatic heterocycles. The summed E-state index contributed by atoms with van der Waals surface area (Å²) in [6, 6.07) is 12.8. The van der Waals surface area contributed by atoms with Crippen molar-refractivity contribution in [2.45, 2.75) is 6.92 Å². The Kier molecular flexibility index (Phi) is 5.35. The zero-order valence-corrected chi connectivity index (χ0v) is 14.8. The van der Waals surface area contributed by atoms with E-state index in [4.69, 9.17) is 14.2 Å². The number of ether oxygens (including phenoxy) is 3. The average Bonchev–Trinajstić information content (AvgIpc) is 3.02. The summed E-state index contributed by atoms with van der Waals surface area (Å²) in [6.07, 6.45) is 0. The highest BCUT2D eigenvalue weighted by atomic mass is 32.1. The van der Waals surface area contributed by atoms with Gasteiger partial charge in [0.15, 0.2) is 23.2 Å². The van der Waals surface area contributed by atoms with Crippen LogP contribution in [0.5, 0.6) is 17.2 Å². The predicted molar refractivity (Wildman–Crippen MR) is 97.9 cm³/mol. The Morgan fingerprint density at radius 1 is 1.16 bits per heavy atom. The molecule has 130 valence electrons. The molecule has 1 heterocycles. The number of hydrogen-bond donors (Lipinski definition) is 1. The summed E-state index contributed by atoms with van der Waals surface area (Å²) in [6.45, 7) is 2.42. The molecule has 3 aromatic rings. The zero-order chi connectivity index (χ0) is 17.6. The number of carbonyl (C=O) groups excluding carboxylic acids is 1. The van der Waals surface area contributed by atoms with Crippen LogP contribution in [-0.4, -0.2) is 31.2 Å². The summed E-state index contributed by atoms with van der Waals surface area (Å²) in [5.74, 6) is 1.61. The van der Waals surface area contributed by atoms with Gasteiger partial charge in [0.1, 0.15) is 5.75 Å². The molecule has 0 aliphatic carbocycles. The molecular weight excluding hydrogens is 340 g/mol. The van der Waals surface area contributed by atoms with Gasteiger partial charge in [-0.1, -0.05) is 23.5 Å².